The lowest BCUT2D eigenvalue weighted by Gasteiger charge is -1.80. The van der Waals surface area contributed by atoms with Crippen LogP contribution in [0.15, 0.2) is 18.5 Å². The lowest BCUT2D eigenvalue weighted by Crippen LogP contribution is -1.76. The first-order chi connectivity index (χ1) is 4.70. The van der Waals surface area contributed by atoms with E-state index in [4.69, 9.17) is 0 Å². The number of hydrogen-bond donors (Lipinski definition) is 0. The van der Waals surface area contributed by atoms with Crippen molar-refractivity contribution in [2.45, 2.75) is 27.2 Å². The summed E-state index contributed by atoms with van der Waals surface area (Å²) in [5.41, 5.74) is 1.32. The molecule has 0 saturated heterocycles. The van der Waals surface area contributed by atoms with Gasteiger partial charge in [-0.15, -0.1) is 0 Å². The fourth-order valence-corrected chi connectivity index (χ4v) is 0.642. The minimum atomic E-state index is 1.25. The van der Waals surface area contributed by atoms with Crippen LogP contribution in [0.1, 0.15) is 25.8 Å². The Balaban J connectivity index is 0.000000236. The molecule has 1 nitrogen and oxygen atoms in total. The second kappa shape index (κ2) is 5.10. The summed E-state index contributed by atoms with van der Waals surface area (Å²) in [6.45, 7) is 6.33. The van der Waals surface area contributed by atoms with Crippen molar-refractivity contribution in [2.24, 2.45) is 7.05 Å². The van der Waals surface area contributed by atoms with E-state index in [9.17, 15) is 0 Å². The average Bonchev–Trinajstić information content (AvgIpc) is 2.17. The molecular formula is C9H17N. The van der Waals surface area contributed by atoms with Crippen molar-refractivity contribution < 1.29 is 0 Å². The van der Waals surface area contributed by atoms with E-state index in [0.29, 0.717) is 0 Å². The molecule has 0 atom stereocenters. The van der Waals surface area contributed by atoms with Gasteiger partial charge in [-0.05, 0) is 18.6 Å². The van der Waals surface area contributed by atoms with Crippen LogP contribution in [-0.2, 0) is 7.05 Å². The lowest BCUT2D eigenvalue weighted by atomic mass is 10.4. The second-order valence-electron chi connectivity index (χ2n) is 2.56. The molecule has 1 rings (SSSR count). The van der Waals surface area contributed by atoms with Crippen LogP contribution in [0.4, 0.5) is 0 Å². The van der Waals surface area contributed by atoms with Gasteiger partial charge in [0.2, 0.25) is 0 Å². The van der Waals surface area contributed by atoms with Gasteiger partial charge in [-0.2, -0.15) is 0 Å². The first kappa shape index (κ1) is 9.28. The molecule has 0 aromatic carbocycles. The highest BCUT2D eigenvalue weighted by Gasteiger charge is 1.80. The van der Waals surface area contributed by atoms with Crippen molar-refractivity contribution in [1.29, 1.82) is 0 Å². The third-order valence-corrected chi connectivity index (χ3v) is 0.980. The summed E-state index contributed by atoms with van der Waals surface area (Å²) in [4.78, 5) is 0. The highest BCUT2D eigenvalue weighted by molar-refractivity contribution is 5.06. The Bertz CT molecular complexity index is 148. The minimum absolute atomic E-state index is 1.25. The Morgan fingerprint density at radius 2 is 1.90 bits per heavy atom. The zero-order valence-electron chi connectivity index (χ0n) is 7.39. The lowest BCUT2D eigenvalue weighted by molar-refractivity contribution is 0.925. The maximum absolute atomic E-state index is 2.12. The molecule has 0 unspecified atom stereocenters. The van der Waals surface area contributed by atoms with Gasteiger partial charge < -0.3 is 4.57 Å². The molecule has 0 N–H and O–H groups in total. The van der Waals surface area contributed by atoms with Crippen molar-refractivity contribution in [1.82, 2.24) is 4.57 Å². The van der Waals surface area contributed by atoms with Gasteiger partial charge in [-0.1, -0.05) is 20.3 Å². The Kier molecular flexibility index (Phi) is 4.73. The third kappa shape index (κ3) is 4.19. The molecular weight excluding hydrogens is 122 g/mol. The molecule has 10 heavy (non-hydrogen) atoms. The molecule has 0 radical (unpaired) electrons. The van der Waals surface area contributed by atoms with E-state index < -0.39 is 0 Å². The van der Waals surface area contributed by atoms with Crippen molar-refractivity contribution in [2.75, 3.05) is 0 Å². The van der Waals surface area contributed by atoms with E-state index >= 15 is 0 Å². The molecule has 1 heterocycles. The van der Waals surface area contributed by atoms with Crippen molar-refractivity contribution in [3.8, 4) is 0 Å². The average molecular weight is 139 g/mol. The molecule has 0 bridgehead atoms. The summed E-state index contributed by atoms with van der Waals surface area (Å²) in [6.07, 6.45) is 5.37. The fraction of sp³-hybridized carbons (Fsp3) is 0.556. The predicted octanol–water partition coefficient (Wildman–Crippen LogP) is 2.75. The van der Waals surface area contributed by atoms with E-state index in [2.05, 4.69) is 33.0 Å². The number of aromatic nitrogens is 1. The van der Waals surface area contributed by atoms with E-state index in [1.54, 1.807) is 0 Å². The Morgan fingerprint density at radius 1 is 1.40 bits per heavy atom. The van der Waals surface area contributed by atoms with E-state index in [1.165, 1.54) is 12.0 Å². The van der Waals surface area contributed by atoms with Crippen LogP contribution in [0, 0.1) is 6.92 Å². The molecule has 0 amide bonds. The van der Waals surface area contributed by atoms with Crippen LogP contribution < -0.4 is 0 Å². The Morgan fingerprint density at radius 3 is 2.00 bits per heavy atom. The zero-order valence-corrected chi connectivity index (χ0v) is 7.39. The van der Waals surface area contributed by atoms with Crippen LogP contribution in [-0.4, -0.2) is 4.57 Å². The van der Waals surface area contributed by atoms with Crippen molar-refractivity contribution >= 4 is 0 Å². The maximum Gasteiger partial charge on any atom is 0.0106 e. The normalized spacial score (nSPS) is 8.40. The fourth-order valence-electron chi connectivity index (χ4n) is 0.642. The monoisotopic (exact) mass is 139 g/mol. The van der Waals surface area contributed by atoms with Gasteiger partial charge in [0.05, 0.1) is 0 Å². The molecule has 0 saturated carbocycles. The molecule has 0 aliphatic heterocycles. The number of hydrogen-bond acceptors (Lipinski definition) is 0. The largest absolute Gasteiger partial charge is 0.357 e. The summed E-state index contributed by atoms with van der Waals surface area (Å²) in [5, 5.41) is 0. The quantitative estimate of drug-likeness (QED) is 0.521. The summed E-state index contributed by atoms with van der Waals surface area (Å²) in [5.74, 6) is 0. The van der Waals surface area contributed by atoms with Crippen LogP contribution in [0.5, 0.6) is 0 Å². The van der Waals surface area contributed by atoms with Gasteiger partial charge in [-0.25, -0.2) is 0 Å². The summed E-state index contributed by atoms with van der Waals surface area (Å²) in [6, 6.07) is 2.08. The smallest absolute Gasteiger partial charge is 0.0106 e. The first-order valence-electron chi connectivity index (χ1n) is 3.79. The van der Waals surface area contributed by atoms with Gasteiger partial charge >= 0.3 is 0 Å². The number of aryl methyl sites for hydroxylation is 2. The van der Waals surface area contributed by atoms with Gasteiger partial charge in [0.25, 0.3) is 0 Å². The number of nitrogens with zero attached hydrogens (tertiary/aromatic N) is 1. The van der Waals surface area contributed by atoms with Crippen LogP contribution in [0.3, 0.4) is 0 Å². The Labute approximate surface area is 63.7 Å². The highest BCUT2D eigenvalue weighted by atomic mass is 14.9. The minimum Gasteiger partial charge on any atom is -0.357 e. The topological polar surface area (TPSA) is 4.93 Å². The van der Waals surface area contributed by atoms with E-state index in [1.807, 2.05) is 17.8 Å². The van der Waals surface area contributed by atoms with E-state index in [0.717, 1.165) is 0 Å². The maximum atomic E-state index is 2.12. The zero-order chi connectivity index (χ0) is 7.98. The van der Waals surface area contributed by atoms with Gasteiger partial charge in [0.15, 0.2) is 0 Å². The SMILES string of the molecule is CCC.Cc1ccn(C)c1. The van der Waals surface area contributed by atoms with Crippen LogP contribution in [0.2, 0.25) is 0 Å². The second-order valence-corrected chi connectivity index (χ2v) is 2.56. The summed E-state index contributed by atoms with van der Waals surface area (Å²) in [7, 11) is 2.02. The van der Waals surface area contributed by atoms with Crippen molar-refractivity contribution in [3.63, 3.8) is 0 Å². The molecule has 0 aliphatic carbocycles. The van der Waals surface area contributed by atoms with Gasteiger partial charge in [0.1, 0.15) is 0 Å². The molecule has 1 aromatic heterocycles. The summed E-state index contributed by atoms with van der Waals surface area (Å²) < 4.78 is 2.04. The molecule has 0 fully saturated rings. The third-order valence-electron chi connectivity index (χ3n) is 0.980. The molecule has 58 valence electrons. The number of rotatable bonds is 0. The van der Waals surface area contributed by atoms with E-state index in [-0.39, 0.29) is 0 Å². The summed E-state index contributed by atoms with van der Waals surface area (Å²) >= 11 is 0. The molecule has 0 spiro atoms. The predicted molar refractivity (Wildman–Crippen MR) is 46.1 cm³/mol. The van der Waals surface area contributed by atoms with Crippen LogP contribution in [0.25, 0.3) is 0 Å². The first-order valence-corrected chi connectivity index (χ1v) is 3.79. The van der Waals surface area contributed by atoms with Crippen molar-refractivity contribution in [3.05, 3.63) is 24.0 Å². The van der Waals surface area contributed by atoms with Crippen LogP contribution >= 0.6 is 0 Å². The molecule has 0 aliphatic rings. The highest BCUT2D eigenvalue weighted by Crippen LogP contribution is 1.93. The molecule has 1 aromatic rings. The van der Waals surface area contributed by atoms with Gasteiger partial charge in [-0.3, -0.25) is 0 Å². The molecule has 1 heteroatoms. The van der Waals surface area contributed by atoms with Gasteiger partial charge in [0, 0.05) is 19.4 Å². The standard InChI is InChI=1S/C6H9N.C3H8/c1-6-3-4-7(2)5-6;1-3-2/h3-5H,1-2H3;3H2,1-2H3. The Hall–Kier alpha value is -0.720.